The minimum absolute atomic E-state index is 0.882. The number of anilines is 3. The van der Waals surface area contributed by atoms with E-state index in [1.165, 1.54) is 5.69 Å². The molecule has 20 heavy (non-hydrogen) atoms. The van der Waals surface area contributed by atoms with Gasteiger partial charge in [0.05, 0.1) is 17.1 Å². The van der Waals surface area contributed by atoms with Gasteiger partial charge in [0, 0.05) is 40.8 Å². The lowest BCUT2D eigenvalue weighted by Gasteiger charge is -2.37. The van der Waals surface area contributed by atoms with E-state index in [9.17, 15) is 0 Å². The summed E-state index contributed by atoms with van der Waals surface area (Å²) in [4.78, 5) is 2.15. The van der Waals surface area contributed by atoms with E-state index in [1.807, 2.05) is 7.05 Å². The van der Waals surface area contributed by atoms with Gasteiger partial charge in [0.15, 0.2) is 0 Å². The third-order valence-corrected chi connectivity index (χ3v) is 3.28. The van der Waals surface area contributed by atoms with Crippen molar-refractivity contribution < 1.29 is 0 Å². The molecule has 0 aliphatic carbocycles. The summed E-state index contributed by atoms with van der Waals surface area (Å²) in [6.45, 7) is 9.26. The summed E-state index contributed by atoms with van der Waals surface area (Å²) in [5.74, 6) is 0. The molecule has 0 spiro atoms. The molecule has 0 saturated heterocycles. The lowest BCUT2D eigenvalue weighted by atomic mass is 10.2. The molecule has 1 aromatic carbocycles. The van der Waals surface area contributed by atoms with Crippen LogP contribution >= 0.6 is 0 Å². The van der Waals surface area contributed by atoms with Gasteiger partial charge in [-0.05, 0) is 12.1 Å². The minimum Gasteiger partial charge on any atom is -0.386 e. The predicted molar refractivity (Wildman–Crippen MR) is 89.4 cm³/mol. The van der Waals surface area contributed by atoms with Gasteiger partial charge in [-0.25, -0.2) is 15.6 Å². The molecular weight excluding hydrogens is 250 g/mol. The highest BCUT2D eigenvalue weighted by Gasteiger charge is 2.19. The first-order chi connectivity index (χ1) is 9.60. The lowest BCUT2D eigenvalue weighted by Crippen LogP contribution is -2.51. The first-order valence-corrected chi connectivity index (χ1v) is 7.37. The molecule has 0 saturated carbocycles. The first-order valence-electron chi connectivity index (χ1n) is 7.37. The summed E-state index contributed by atoms with van der Waals surface area (Å²) in [5, 5.41) is 7.72. The fraction of sp³-hybridized carbons (Fsp3) is 0.600. The average molecular weight is 279 g/mol. The number of hydrazine groups is 2. The summed E-state index contributed by atoms with van der Waals surface area (Å²) < 4.78 is 0. The largest absolute Gasteiger partial charge is 0.386 e. The molecular formula is C15H29N5. The molecule has 2 N–H and O–H groups in total. The fourth-order valence-electron chi connectivity index (χ4n) is 2.37. The Labute approximate surface area is 123 Å². The molecule has 0 fully saturated rings. The van der Waals surface area contributed by atoms with Gasteiger partial charge in [-0.2, -0.15) is 0 Å². The van der Waals surface area contributed by atoms with Crippen molar-refractivity contribution in [3.05, 3.63) is 18.2 Å². The van der Waals surface area contributed by atoms with Crippen LogP contribution in [0.2, 0.25) is 0 Å². The van der Waals surface area contributed by atoms with Crippen molar-refractivity contribution in [1.82, 2.24) is 10.4 Å². The molecule has 0 heterocycles. The molecule has 1 aromatic rings. The van der Waals surface area contributed by atoms with Gasteiger partial charge in [0.25, 0.3) is 0 Å². The molecule has 0 amide bonds. The molecule has 0 atom stereocenters. The van der Waals surface area contributed by atoms with Crippen LogP contribution in [0.4, 0.5) is 17.1 Å². The highest BCUT2D eigenvalue weighted by molar-refractivity contribution is 5.83. The summed E-state index contributed by atoms with van der Waals surface area (Å²) in [7, 11) is 6.11. The lowest BCUT2D eigenvalue weighted by molar-refractivity contribution is 0.244. The quantitative estimate of drug-likeness (QED) is 0.714. The Morgan fingerprint density at radius 3 is 2.15 bits per heavy atom. The molecule has 0 unspecified atom stereocenters. The molecule has 0 bridgehead atoms. The summed E-state index contributed by atoms with van der Waals surface area (Å²) >= 11 is 0. The third-order valence-electron chi connectivity index (χ3n) is 3.28. The number of hydrogen-bond acceptors (Lipinski definition) is 5. The maximum absolute atomic E-state index is 3.45. The molecule has 0 aliphatic heterocycles. The molecule has 5 heteroatoms. The highest BCUT2D eigenvalue weighted by Crippen LogP contribution is 2.35. The Hall–Kier alpha value is -1.46. The normalized spacial score (nSPS) is 10.8. The van der Waals surface area contributed by atoms with Crippen LogP contribution < -0.4 is 20.8 Å². The number of nitrogens with one attached hydrogen (secondary N) is 2. The van der Waals surface area contributed by atoms with Gasteiger partial charge in [0.2, 0.25) is 0 Å². The van der Waals surface area contributed by atoms with Crippen LogP contribution in [-0.4, -0.2) is 45.8 Å². The van der Waals surface area contributed by atoms with E-state index in [2.05, 4.69) is 78.8 Å². The van der Waals surface area contributed by atoms with Gasteiger partial charge in [-0.3, -0.25) is 0 Å². The van der Waals surface area contributed by atoms with Crippen molar-refractivity contribution in [3.8, 4) is 0 Å². The predicted octanol–water partition coefficient (Wildman–Crippen LogP) is 2.38. The molecule has 114 valence electrons. The van der Waals surface area contributed by atoms with Crippen molar-refractivity contribution >= 4 is 17.1 Å². The third kappa shape index (κ3) is 3.55. The van der Waals surface area contributed by atoms with E-state index in [0.717, 1.165) is 31.0 Å². The zero-order valence-corrected chi connectivity index (χ0v) is 13.7. The Bertz CT molecular complexity index is 401. The number of hydrogen-bond donors (Lipinski definition) is 2. The molecule has 0 aliphatic rings. The van der Waals surface area contributed by atoms with Gasteiger partial charge in [-0.1, -0.05) is 26.8 Å². The van der Waals surface area contributed by atoms with Crippen LogP contribution in [-0.2, 0) is 0 Å². The van der Waals surface area contributed by atoms with Crippen molar-refractivity contribution in [3.63, 3.8) is 0 Å². The Morgan fingerprint density at radius 2 is 1.70 bits per heavy atom. The maximum Gasteiger partial charge on any atom is 0.0959 e. The number of benzene rings is 1. The smallest absolute Gasteiger partial charge is 0.0959 e. The van der Waals surface area contributed by atoms with Crippen LogP contribution in [0.1, 0.15) is 20.8 Å². The standard InChI is InChI=1S/C15H29N5/c1-7-17-20(19(8-2)9-3)14-12-10-11-13(16-4)15(14)18(5)6/h10-12,16-17H,7-9H2,1-6H3. The van der Waals surface area contributed by atoms with Crippen molar-refractivity contribution in [1.29, 1.82) is 0 Å². The van der Waals surface area contributed by atoms with Crippen LogP contribution in [0.15, 0.2) is 18.2 Å². The summed E-state index contributed by atoms with van der Waals surface area (Å²) in [6.07, 6.45) is 0. The number of nitrogens with zero attached hydrogens (tertiary/aromatic N) is 3. The van der Waals surface area contributed by atoms with Gasteiger partial charge in [0.1, 0.15) is 0 Å². The second-order valence-corrected chi connectivity index (χ2v) is 4.78. The number of rotatable bonds is 8. The second-order valence-electron chi connectivity index (χ2n) is 4.78. The second kappa shape index (κ2) is 7.97. The van der Waals surface area contributed by atoms with Crippen molar-refractivity contribution in [2.75, 3.05) is 56.1 Å². The Morgan fingerprint density at radius 1 is 1.05 bits per heavy atom. The molecule has 1 rings (SSSR count). The van der Waals surface area contributed by atoms with Crippen molar-refractivity contribution in [2.24, 2.45) is 0 Å². The topological polar surface area (TPSA) is 33.8 Å². The van der Waals surface area contributed by atoms with E-state index in [0.29, 0.717) is 0 Å². The van der Waals surface area contributed by atoms with Gasteiger partial charge in [-0.15, -0.1) is 0 Å². The van der Waals surface area contributed by atoms with Crippen molar-refractivity contribution in [2.45, 2.75) is 20.8 Å². The molecule has 0 radical (unpaired) electrons. The van der Waals surface area contributed by atoms with Crippen LogP contribution in [0.25, 0.3) is 0 Å². The Kier molecular flexibility index (Phi) is 6.61. The molecule has 5 nitrogen and oxygen atoms in total. The first kappa shape index (κ1) is 16.6. The van der Waals surface area contributed by atoms with Crippen LogP contribution in [0, 0.1) is 0 Å². The number of para-hydroxylation sites is 1. The van der Waals surface area contributed by atoms with E-state index in [-0.39, 0.29) is 0 Å². The summed E-state index contributed by atoms with van der Waals surface area (Å²) in [6, 6.07) is 6.34. The van der Waals surface area contributed by atoms with Gasteiger partial charge < -0.3 is 10.2 Å². The van der Waals surface area contributed by atoms with E-state index >= 15 is 0 Å². The zero-order chi connectivity index (χ0) is 15.1. The van der Waals surface area contributed by atoms with Gasteiger partial charge >= 0.3 is 0 Å². The average Bonchev–Trinajstić information content (AvgIpc) is 2.46. The van der Waals surface area contributed by atoms with E-state index in [4.69, 9.17) is 0 Å². The molecule has 0 aromatic heterocycles. The Balaban J connectivity index is 3.31. The minimum atomic E-state index is 0.882. The van der Waals surface area contributed by atoms with E-state index < -0.39 is 0 Å². The van der Waals surface area contributed by atoms with E-state index in [1.54, 1.807) is 0 Å². The summed E-state index contributed by atoms with van der Waals surface area (Å²) in [5.41, 5.74) is 6.92. The van der Waals surface area contributed by atoms with Crippen LogP contribution in [0.5, 0.6) is 0 Å². The monoisotopic (exact) mass is 279 g/mol. The van der Waals surface area contributed by atoms with Crippen LogP contribution in [0.3, 0.4) is 0 Å². The SMILES string of the molecule is CCNN(c1cccc(NC)c1N(C)C)N(CC)CC. The maximum atomic E-state index is 3.45. The fourth-order valence-corrected chi connectivity index (χ4v) is 2.37. The zero-order valence-electron chi connectivity index (χ0n) is 13.7. The highest BCUT2D eigenvalue weighted by atomic mass is 15.8.